The molecule has 6 nitrogen and oxygen atoms in total. The topological polar surface area (TPSA) is 75.5 Å². The molecule has 0 radical (unpaired) electrons. The SMILES string of the molecule is O=C(c1ccc(NC2CC2)c([N+](=O)[O-])c1)N1CCCC1Cc1ccccc1. The molecule has 0 aromatic heterocycles. The second kappa shape index (κ2) is 7.39. The first-order valence-corrected chi connectivity index (χ1v) is 9.51. The Labute approximate surface area is 158 Å². The molecule has 0 spiro atoms. The van der Waals surface area contributed by atoms with Gasteiger partial charge in [0, 0.05) is 30.3 Å². The largest absolute Gasteiger partial charge is 0.377 e. The summed E-state index contributed by atoms with van der Waals surface area (Å²) in [5, 5.41) is 14.6. The third-order valence-corrected chi connectivity index (χ3v) is 5.33. The molecule has 2 aromatic carbocycles. The first kappa shape index (κ1) is 17.5. The van der Waals surface area contributed by atoms with E-state index in [1.807, 2.05) is 23.1 Å². The van der Waals surface area contributed by atoms with Gasteiger partial charge >= 0.3 is 0 Å². The van der Waals surface area contributed by atoms with E-state index in [0.717, 1.165) is 32.1 Å². The number of anilines is 1. The van der Waals surface area contributed by atoms with Crippen LogP contribution in [0.25, 0.3) is 0 Å². The molecular formula is C21H23N3O3. The van der Waals surface area contributed by atoms with Crippen LogP contribution >= 0.6 is 0 Å². The van der Waals surface area contributed by atoms with E-state index in [2.05, 4.69) is 17.4 Å². The van der Waals surface area contributed by atoms with Crippen LogP contribution in [-0.2, 0) is 6.42 Å². The van der Waals surface area contributed by atoms with Crippen molar-refractivity contribution in [3.05, 3.63) is 69.8 Å². The summed E-state index contributed by atoms with van der Waals surface area (Å²) < 4.78 is 0. The molecule has 1 atom stereocenters. The van der Waals surface area contributed by atoms with Crippen LogP contribution in [0.4, 0.5) is 11.4 Å². The molecule has 2 aliphatic rings. The Morgan fingerprint density at radius 1 is 1.15 bits per heavy atom. The summed E-state index contributed by atoms with van der Waals surface area (Å²) in [5.74, 6) is -0.116. The number of nitrogens with one attached hydrogen (secondary N) is 1. The maximum atomic E-state index is 13.1. The lowest BCUT2D eigenvalue weighted by Crippen LogP contribution is -2.36. The van der Waals surface area contributed by atoms with Gasteiger partial charge in [0.1, 0.15) is 5.69 Å². The number of nitro groups is 1. The predicted octanol–water partition coefficient (Wildman–Crippen LogP) is 4.02. The fourth-order valence-electron chi connectivity index (χ4n) is 3.75. The Balaban J connectivity index is 1.54. The number of rotatable bonds is 6. The van der Waals surface area contributed by atoms with Crippen molar-refractivity contribution in [1.82, 2.24) is 4.90 Å². The van der Waals surface area contributed by atoms with Crippen LogP contribution in [0.5, 0.6) is 0 Å². The molecule has 1 unspecified atom stereocenters. The van der Waals surface area contributed by atoms with E-state index >= 15 is 0 Å². The standard InChI is InChI=1S/C21H23N3O3/c25-21(23-12-4-7-18(23)13-15-5-2-1-3-6-15)16-8-11-19(22-17-9-10-17)20(14-16)24(26)27/h1-3,5-6,8,11,14,17-18,22H,4,7,9-10,12-13H2. The van der Waals surface area contributed by atoms with Crippen LogP contribution in [0.15, 0.2) is 48.5 Å². The maximum absolute atomic E-state index is 13.1. The molecular weight excluding hydrogens is 342 g/mol. The molecule has 140 valence electrons. The molecule has 1 N–H and O–H groups in total. The normalized spacial score (nSPS) is 19.1. The van der Waals surface area contributed by atoms with Gasteiger partial charge in [-0.05, 0) is 49.8 Å². The first-order valence-electron chi connectivity index (χ1n) is 9.51. The van der Waals surface area contributed by atoms with Gasteiger partial charge in [-0.2, -0.15) is 0 Å². The van der Waals surface area contributed by atoms with E-state index in [1.54, 1.807) is 12.1 Å². The highest BCUT2D eigenvalue weighted by Crippen LogP contribution is 2.32. The van der Waals surface area contributed by atoms with Crippen LogP contribution in [0.2, 0.25) is 0 Å². The molecule has 1 saturated heterocycles. The third-order valence-electron chi connectivity index (χ3n) is 5.33. The fraction of sp³-hybridized carbons (Fsp3) is 0.381. The highest BCUT2D eigenvalue weighted by Gasteiger charge is 2.31. The smallest absolute Gasteiger partial charge is 0.293 e. The number of benzene rings is 2. The first-order chi connectivity index (χ1) is 13.1. The summed E-state index contributed by atoms with van der Waals surface area (Å²) in [7, 11) is 0. The van der Waals surface area contributed by atoms with Gasteiger partial charge in [-0.25, -0.2) is 0 Å². The quantitative estimate of drug-likeness (QED) is 0.620. The molecule has 6 heteroatoms. The second-order valence-electron chi connectivity index (χ2n) is 7.39. The highest BCUT2D eigenvalue weighted by atomic mass is 16.6. The molecule has 1 heterocycles. The zero-order valence-corrected chi connectivity index (χ0v) is 15.1. The van der Waals surface area contributed by atoms with Gasteiger partial charge in [-0.3, -0.25) is 14.9 Å². The minimum Gasteiger partial charge on any atom is -0.377 e. The third kappa shape index (κ3) is 3.94. The average molecular weight is 365 g/mol. The lowest BCUT2D eigenvalue weighted by molar-refractivity contribution is -0.384. The Hall–Kier alpha value is -2.89. The predicted molar refractivity (Wildman–Crippen MR) is 104 cm³/mol. The van der Waals surface area contributed by atoms with Crippen LogP contribution < -0.4 is 5.32 Å². The van der Waals surface area contributed by atoms with Crippen molar-refractivity contribution in [1.29, 1.82) is 0 Å². The van der Waals surface area contributed by atoms with Crippen molar-refractivity contribution in [3.8, 4) is 0 Å². The van der Waals surface area contributed by atoms with Crippen LogP contribution in [0, 0.1) is 10.1 Å². The number of carbonyl (C=O) groups excluding carboxylic acids is 1. The number of nitrogens with zero attached hydrogens (tertiary/aromatic N) is 2. The monoisotopic (exact) mass is 365 g/mol. The van der Waals surface area contributed by atoms with E-state index in [-0.39, 0.29) is 17.6 Å². The zero-order chi connectivity index (χ0) is 18.8. The number of hydrogen-bond donors (Lipinski definition) is 1. The minimum absolute atomic E-state index is 0.0217. The summed E-state index contributed by atoms with van der Waals surface area (Å²) in [6, 6.07) is 15.4. The summed E-state index contributed by atoms with van der Waals surface area (Å²) in [6.45, 7) is 0.701. The molecule has 27 heavy (non-hydrogen) atoms. The Bertz CT molecular complexity index is 849. The van der Waals surface area contributed by atoms with E-state index in [0.29, 0.717) is 23.8 Å². The van der Waals surface area contributed by atoms with Crippen molar-refractivity contribution in [2.24, 2.45) is 0 Å². The van der Waals surface area contributed by atoms with Crippen LogP contribution in [-0.4, -0.2) is 34.4 Å². The summed E-state index contributed by atoms with van der Waals surface area (Å²) in [6.07, 6.45) is 4.81. The number of likely N-dealkylation sites (tertiary alicyclic amines) is 1. The van der Waals surface area contributed by atoms with Crippen molar-refractivity contribution in [2.45, 2.75) is 44.2 Å². The van der Waals surface area contributed by atoms with Crippen molar-refractivity contribution in [3.63, 3.8) is 0 Å². The number of nitro benzene ring substituents is 1. The second-order valence-corrected chi connectivity index (χ2v) is 7.39. The van der Waals surface area contributed by atoms with Gasteiger partial charge in [0.15, 0.2) is 0 Å². The number of amides is 1. The van der Waals surface area contributed by atoms with E-state index in [9.17, 15) is 14.9 Å². The fourth-order valence-corrected chi connectivity index (χ4v) is 3.75. The van der Waals surface area contributed by atoms with Crippen LogP contribution in [0.3, 0.4) is 0 Å². The molecule has 1 aliphatic heterocycles. The van der Waals surface area contributed by atoms with Gasteiger partial charge in [-0.15, -0.1) is 0 Å². The number of hydrogen-bond acceptors (Lipinski definition) is 4. The van der Waals surface area contributed by atoms with Gasteiger partial charge in [-0.1, -0.05) is 30.3 Å². The molecule has 2 aromatic rings. The maximum Gasteiger partial charge on any atom is 0.293 e. The molecule has 1 amide bonds. The van der Waals surface area contributed by atoms with Crippen molar-refractivity contribution < 1.29 is 9.72 Å². The average Bonchev–Trinajstić information content (AvgIpc) is 3.38. The van der Waals surface area contributed by atoms with Crippen LogP contribution in [0.1, 0.15) is 41.6 Å². The molecule has 1 saturated carbocycles. The summed E-state index contributed by atoms with van der Waals surface area (Å²) >= 11 is 0. The summed E-state index contributed by atoms with van der Waals surface area (Å²) in [5.41, 5.74) is 2.08. The Kier molecular flexibility index (Phi) is 4.79. The zero-order valence-electron chi connectivity index (χ0n) is 15.1. The lowest BCUT2D eigenvalue weighted by Gasteiger charge is -2.25. The van der Waals surface area contributed by atoms with Gasteiger partial charge in [0.2, 0.25) is 0 Å². The minimum atomic E-state index is -0.410. The van der Waals surface area contributed by atoms with Gasteiger partial charge in [0.25, 0.3) is 11.6 Å². The van der Waals surface area contributed by atoms with Crippen molar-refractivity contribution in [2.75, 3.05) is 11.9 Å². The Morgan fingerprint density at radius 3 is 2.63 bits per heavy atom. The van der Waals surface area contributed by atoms with Gasteiger partial charge in [0.05, 0.1) is 4.92 Å². The molecule has 2 fully saturated rings. The highest BCUT2D eigenvalue weighted by molar-refractivity contribution is 5.96. The Morgan fingerprint density at radius 2 is 1.93 bits per heavy atom. The van der Waals surface area contributed by atoms with E-state index in [4.69, 9.17) is 0 Å². The van der Waals surface area contributed by atoms with Crippen molar-refractivity contribution >= 4 is 17.3 Å². The lowest BCUT2D eigenvalue weighted by atomic mass is 10.0. The molecule has 4 rings (SSSR count). The molecule has 0 bridgehead atoms. The van der Waals surface area contributed by atoms with Gasteiger partial charge < -0.3 is 10.2 Å². The van der Waals surface area contributed by atoms with E-state index < -0.39 is 4.92 Å². The number of carbonyl (C=O) groups is 1. The van der Waals surface area contributed by atoms with E-state index in [1.165, 1.54) is 11.6 Å². The molecule has 1 aliphatic carbocycles. The summed E-state index contributed by atoms with van der Waals surface area (Å²) in [4.78, 5) is 26.0.